The topological polar surface area (TPSA) is 113 Å². The van der Waals surface area contributed by atoms with Crippen LogP contribution in [0.25, 0.3) is 0 Å². The smallest absolute Gasteiger partial charge is 0.302 e. The van der Waals surface area contributed by atoms with Crippen LogP contribution < -0.4 is 0 Å². The molecule has 1 atom stereocenters. The number of phosphoric acid groups is 2. The molecule has 0 radical (unpaired) electrons. The lowest BCUT2D eigenvalue weighted by Crippen LogP contribution is -1.94. The Morgan fingerprint density at radius 2 is 0.371 bits per heavy atom. The Balaban J connectivity index is 4.36. The van der Waals surface area contributed by atoms with E-state index < -0.39 is 15.6 Å². The van der Waals surface area contributed by atoms with Gasteiger partial charge in [-0.2, -0.15) is 4.31 Å². The van der Waals surface area contributed by atoms with E-state index in [-0.39, 0.29) is 6.61 Å². The number of phosphoric ester groups is 1. The van der Waals surface area contributed by atoms with Crippen LogP contribution in [0.2, 0.25) is 0 Å². The fourth-order valence-electron chi connectivity index (χ4n) is 10.2. The number of hydrogen-bond acceptors (Lipinski definition) is 4. The van der Waals surface area contributed by atoms with Crippen LogP contribution in [0.5, 0.6) is 0 Å². The van der Waals surface area contributed by atoms with Crippen molar-refractivity contribution in [2.24, 2.45) is 0 Å². The molecule has 3 N–H and O–H groups in total. The van der Waals surface area contributed by atoms with E-state index in [9.17, 15) is 14.0 Å². The third-order valence-corrected chi connectivity index (χ3v) is 18.6. The Hall–Kier alpha value is -3.90. The van der Waals surface area contributed by atoms with Crippen LogP contribution in [0.15, 0.2) is 186 Å². The van der Waals surface area contributed by atoms with Gasteiger partial charge in [0.05, 0.1) is 6.61 Å². The zero-order chi connectivity index (χ0) is 66.9. The Morgan fingerprint density at radius 3 is 0.506 bits per heavy atom. The number of allylic oxidation sites excluding steroid dienone is 31. The van der Waals surface area contributed by atoms with Gasteiger partial charge in [0.1, 0.15) is 0 Å². The van der Waals surface area contributed by atoms with Crippen molar-refractivity contribution in [3.8, 4) is 0 Å². The summed E-state index contributed by atoms with van der Waals surface area (Å²) in [6.07, 6.45) is 71.1. The molecule has 7 nitrogen and oxygen atoms in total. The Morgan fingerprint density at radius 1 is 0.236 bits per heavy atom. The predicted octanol–water partition coefficient (Wildman–Crippen LogP) is 27.1. The molecule has 0 aromatic rings. The molecule has 0 heterocycles. The minimum atomic E-state index is -5.12. The van der Waals surface area contributed by atoms with Crippen molar-refractivity contribution in [2.75, 3.05) is 6.61 Å². The van der Waals surface area contributed by atoms with Crippen molar-refractivity contribution in [2.45, 2.75) is 310 Å². The van der Waals surface area contributed by atoms with E-state index >= 15 is 0 Å². The quantitative estimate of drug-likeness (QED) is 0.0411. The largest absolute Gasteiger partial charge is 0.481 e. The van der Waals surface area contributed by atoms with E-state index in [0.29, 0.717) is 0 Å². The van der Waals surface area contributed by atoms with Crippen LogP contribution in [0.1, 0.15) is 310 Å². The Bertz CT molecular complexity index is 2650. The zero-order valence-corrected chi connectivity index (χ0v) is 61.8. The molecule has 0 aromatic heterocycles. The molecule has 0 bridgehead atoms. The van der Waals surface area contributed by atoms with Crippen LogP contribution >= 0.6 is 15.6 Å². The summed E-state index contributed by atoms with van der Waals surface area (Å²) in [7, 11) is -9.93. The lowest BCUT2D eigenvalue weighted by molar-refractivity contribution is 0.191. The third kappa shape index (κ3) is 57.7. The predicted molar refractivity (Wildman–Crippen MR) is 393 cm³/mol. The SMILES string of the molecule is CC(C)=CCCC(C)=CCCC(C)=CCCC(C)=CCCC(C)=CCCC(C)=CCCC(C)=CCCC(C)=CCCC(C)=CCCC(C)=CCCC(C)=CCCC(C)=CCCC(C)=CCCC(C)=CCCC(C)=CCCC(C)=CCOP(=O)(O)OP(=O)(O)O. The maximum Gasteiger partial charge on any atom is 0.481 e. The minimum absolute atomic E-state index is 0.276. The molecule has 0 spiro atoms. The maximum atomic E-state index is 11.6. The zero-order valence-electron chi connectivity index (χ0n) is 60.0. The van der Waals surface area contributed by atoms with Gasteiger partial charge in [0.2, 0.25) is 0 Å². The standard InChI is InChI=1S/C80H132O7P2/c1-65(2)33-18-34-66(3)35-19-36-67(4)37-20-38-68(5)39-21-40-69(6)41-22-42-70(7)43-23-44-71(8)45-24-46-72(9)47-25-48-73(10)49-26-50-74(11)51-27-52-75(12)53-28-54-76(13)55-29-56-77(14)57-30-58-78(15)59-31-60-79(16)61-32-62-80(17)63-64-86-89(84,85)87-88(81,82)83/h33,35,37,39,41,43,45,47,49,51,53,55,57,59,61,63H,18-32,34,36,38,40,42,44,46,48,50,52,54,56,58,60,62,64H2,1-17H3,(H,84,85)(H2,81,82,83). The van der Waals surface area contributed by atoms with E-state index in [0.717, 1.165) is 173 Å². The van der Waals surface area contributed by atoms with Crippen molar-refractivity contribution in [3.63, 3.8) is 0 Å². The van der Waals surface area contributed by atoms with Gasteiger partial charge in [0.25, 0.3) is 0 Å². The molecular formula is C80H132O7P2. The van der Waals surface area contributed by atoms with E-state index in [1.54, 1.807) is 6.08 Å². The summed E-state index contributed by atoms with van der Waals surface area (Å²) in [4.78, 5) is 26.8. The highest BCUT2D eigenvalue weighted by atomic mass is 31.3. The summed E-state index contributed by atoms with van der Waals surface area (Å²) in [5.74, 6) is 0. The van der Waals surface area contributed by atoms with Gasteiger partial charge in [-0.15, -0.1) is 0 Å². The van der Waals surface area contributed by atoms with Crippen LogP contribution in [0.4, 0.5) is 0 Å². The van der Waals surface area contributed by atoms with Crippen molar-refractivity contribution >= 4 is 15.6 Å². The van der Waals surface area contributed by atoms with Gasteiger partial charge in [0.15, 0.2) is 0 Å². The van der Waals surface area contributed by atoms with Crippen molar-refractivity contribution in [3.05, 3.63) is 186 Å². The molecule has 0 aliphatic heterocycles. The molecule has 0 fully saturated rings. The second-order valence-electron chi connectivity index (χ2n) is 26.5. The highest BCUT2D eigenvalue weighted by molar-refractivity contribution is 7.60. The maximum absolute atomic E-state index is 11.6. The molecule has 504 valence electrons. The number of hydrogen-bond donors (Lipinski definition) is 3. The first-order valence-electron chi connectivity index (χ1n) is 34.3. The fraction of sp³-hybridized carbons (Fsp3) is 0.600. The first kappa shape index (κ1) is 85.1. The lowest BCUT2D eigenvalue weighted by Gasteiger charge is -2.11. The van der Waals surface area contributed by atoms with E-state index in [1.165, 1.54) is 109 Å². The lowest BCUT2D eigenvalue weighted by atomic mass is 10.0. The molecule has 0 aromatic carbocycles. The Labute approximate surface area is 548 Å². The van der Waals surface area contributed by atoms with Crippen LogP contribution in [0, 0.1) is 0 Å². The van der Waals surface area contributed by atoms with Crippen LogP contribution in [-0.4, -0.2) is 21.3 Å². The highest BCUT2D eigenvalue weighted by Gasteiger charge is 2.31. The first-order valence-corrected chi connectivity index (χ1v) is 37.3. The van der Waals surface area contributed by atoms with Crippen molar-refractivity contribution in [1.29, 1.82) is 0 Å². The molecule has 9 heteroatoms. The first-order chi connectivity index (χ1) is 42.0. The summed E-state index contributed by atoms with van der Waals surface area (Å²) >= 11 is 0. The van der Waals surface area contributed by atoms with Gasteiger partial charge < -0.3 is 14.7 Å². The summed E-state index contributed by atoms with van der Waals surface area (Å²) in [5.41, 5.74) is 23.2. The van der Waals surface area contributed by atoms with Gasteiger partial charge in [-0.3, -0.25) is 4.52 Å². The molecule has 0 saturated heterocycles. The van der Waals surface area contributed by atoms with Gasteiger partial charge in [-0.05, 0) is 310 Å². The summed E-state index contributed by atoms with van der Waals surface area (Å²) in [5, 5.41) is 0. The molecule has 0 aliphatic rings. The molecule has 0 rings (SSSR count). The Kier molecular flexibility index (Phi) is 50.3. The van der Waals surface area contributed by atoms with Gasteiger partial charge in [-0.1, -0.05) is 186 Å². The van der Waals surface area contributed by atoms with E-state index in [1.807, 2.05) is 6.92 Å². The average molecular weight is 1270 g/mol. The third-order valence-electron chi connectivity index (χ3n) is 16.4. The van der Waals surface area contributed by atoms with Gasteiger partial charge >= 0.3 is 15.6 Å². The second-order valence-corrected chi connectivity index (χ2v) is 29.3. The van der Waals surface area contributed by atoms with E-state index in [4.69, 9.17) is 9.79 Å². The molecule has 89 heavy (non-hydrogen) atoms. The van der Waals surface area contributed by atoms with Crippen molar-refractivity contribution in [1.82, 2.24) is 0 Å². The number of rotatable bonds is 50. The molecule has 0 amide bonds. The van der Waals surface area contributed by atoms with Crippen molar-refractivity contribution < 1.29 is 32.6 Å². The normalized spacial score (nSPS) is 15.8. The molecular weight excluding hydrogens is 1130 g/mol. The monoisotopic (exact) mass is 1270 g/mol. The van der Waals surface area contributed by atoms with Gasteiger partial charge in [-0.25, -0.2) is 9.13 Å². The van der Waals surface area contributed by atoms with Crippen LogP contribution in [-0.2, 0) is 18.0 Å². The summed E-state index contributed by atoms with van der Waals surface area (Å²) < 4.78 is 30.7. The molecule has 0 saturated carbocycles. The minimum Gasteiger partial charge on any atom is -0.302 e. The fourth-order valence-corrected chi connectivity index (χ4v) is 11.7. The molecule has 1 unspecified atom stereocenters. The van der Waals surface area contributed by atoms with E-state index in [2.05, 4.69) is 211 Å². The summed E-state index contributed by atoms with van der Waals surface area (Å²) in [6.45, 7) is 37.9. The average Bonchev–Trinajstić information content (AvgIpc) is 3.56. The second kappa shape index (κ2) is 52.6. The van der Waals surface area contributed by atoms with Crippen LogP contribution in [0.3, 0.4) is 0 Å². The highest BCUT2D eigenvalue weighted by Crippen LogP contribution is 2.57. The molecule has 0 aliphatic carbocycles. The summed E-state index contributed by atoms with van der Waals surface area (Å²) in [6, 6.07) is 0. The van der Waals surface area contributed by atoms with Gasteiger partial charge in [0, 0.05) is 0 Å².